The molecule has 1 aromatic heterocycles. The Balaban J connectivity index is 2.11. The molecular weight excluding hydrogens is 415 g/mol. The minimum atomic E-state index is -0.422. The minimum Gasteiger partial charge on any atom is -0.505 e. The van der Waals surface area contributed by atoms with E-state index in [1.54, 1.807) is 32.3 Å². The number of carbonyl (C=O) groups is 1. The predicted octanol–water partition coefficient (Wildman–Crippen LogP) is 4.26. The van der Waals surface area contributed by atoms with E-state index in [4.69, 9.17) is 0 Å². The molecule has 0 unspecified atom stereocenters. The Hall–Kier alpha value is -4.01. The number of aliphatic imine (C=N–C) groups is 1. The Kier molecular flexibility index (Phi) is 6.38. The summed E-state index contributed by atoms with van der Waals surface area (Å²) < 4.78 is 14.8. The van der Waals surface area contributed by atoms with Crippen molar-refractivity contribution in [1.29, 1.82) is 0 Å². The van der Waals surface area contributed by atoms with Crippen molar-refractivity contribution in [3.8, 4) is 17.5 Å². The van der Waals surface area contributed by atoms with Gasteiger partial charge in [-0.1, -0.05) is 25.1 Å². The molecule has 1 amide bonds. The maximum Gasteiger partial charge on any atom is 0.257 e. The molecule has 0 atom stereocenters. The molecular formula is C23H25FN4O4. The maximum absolute atomic E-state index is 13.7. The second kappa shape index (κ2) is 9.01. The number of rotatable bonds is 6. The second-order valence-electron chi connectivity index (χ2n) is 7.38. The molecule has 0 saturated heterocycles. The van der Waals surface area contributed by atoms with Gasteiger partial charge in [0, 0.05) is 26.9 Å². The maximum atomic E-state index is 13.7. The standard InChI is InChI=1S/C23H25FN4O4/c1-5-16(13-8-6-9-14(24)12-13)25-18-19(23(32)28(4)22(18)31)26-17-11-7-10-15(20(17)29)21(30)27(2)3/h6-12,26,29,31-32H,5H2,1-4H3. The highest BCUT2D eigenvalue weighted by Crippen LogP contribution is 2.47. The van der Waals surface area contributed by atoms with E-state index < -0.39 is 11.7 Å². The molecule has 32 heavy (non-hydrogen) atoms. The van der Waals surface area contributed by atoms with Crippen molar-refractivity contribution in [2.75, 3.05) is 19.4 Å². The average molecular weight is 440 g/mol. The number of anilines is 2. The van der Waals surface area contributed by atoms with Gasteiger partial charge in [0.1, 0.15) is 11.5 Å². The van der Waals surface area contributed by atoms with Crippen LogP contribution in [0.1, 0.15) is 29.3 Å². The Morgan fingerprint density at radius 2 is 1.81 bits per heavy atom. The van der Waals surface area contributed by atoms with Crippen molar-refractivity contribution in [2.45, 2.75) is 13.3 Å². The highest BCUT2D eigenvalue weighted by atomic mass is 19.1. The number of hydrogen-bond donors (Lipinski definition) is 4. The van der Waals surface area contributed by atoms with Crippen LogP contribution in [0.15, 0.2) is 47.5 Å². The van der Waals surface area contributed by atoms with Crippen molar-refractivity contribution in [2.24, 2.45) is 12.0 Å². The number of carbonyl (C=O) groups excluding carboxylic acids is 1. The number of phenols is 1. The van der Waals surface area contributed by atoms with Crippen LogP contribution in [0.25, 0.3) is 0 Å². The van der Waals surface area contributed by atoms with Gasteiger partial charge in [0.2, 0.25) is 11.8 Å². The molecule has 3 rings (SSSR count). The molecule has 0 aliphatic carbocycles. The zero-order chi connectivity index (χ0) is 23.6. The SMILES string of the molecule is CCC(=Nc1c(Nc2cccc(C(=O)N(C)C)c2O)c(O)n(C)c1O)c1cccc(F)c1. The van der Waals surface area contributed by atoms with E-state index >= 15 is 0 Å². The second-order valence-corrected chi connectivity index (χ2v) is 7.38. The van der Waals surface area contributed by atoms with Gasteiger partial charge in [-0.2, -0.15) is 0 Å². The van der Waals surface area contributed by atoms with Crippen LogP contribution in [0.4, 0.5) is 21.5 Å². The van der Waals surface area contributed by atoms with Crippen LogP contribution in [0.3, 0.4) is 0 Å². The summed E-state index contributed by atoms with van der Waals surface area (Å²) in [5.74, 6) is -1.80. The Morgan fingerprint density at radius 3 is 2.44 bits per heavy atom. The van der Waals surface area contributed by atoms with E-state index in [1.165, 1.54) is 36.2 Å². The fourth-order valence-corrected chi connectivity index (χ4v) is 3.21. The van der Waals surface area contributed by atoms with Crippen LogP contribution in [0.5, 0.6) is 17.5 Å². The zero-order valence-corrected chi connectivity index (χ0v) is 18.2. The first-order valence-electron chi connectivity index (χ1n) is 9.90. The number of aromatic hydroxyl groups is 3. The molecule has 4 N–H and O–H groups in total. The quantitative estimate of drug-likeness (QED) is 0.338. The van der Waals surface area contributed by atoms with Gasteiger partial charge >= 0.3 is 0 Å². The summed E-state index contributed by atoms with van der Waals surface area (Å²) in [4.78, 5) is 18.1. The van der Waals surface area contributed by atoms with Gasteiger partial charge in [-0.05, 0) is 36.2 Å². The number of hydrogen-bond acceptors (Lipinski definition) is 6. The summed E-state index contributed by atoms with van der Waals surface area (Å²) in [6, 6.07) is 10.5. The van der Waals surface area contributed by atoms with E-state index in [0.29, 0.717) is 17.7 Å². The monoisotopic (exact) mass is 440 g/mol. The molecule has 0 fully saturated rings. The van der Waals surface area contributed by atoms with Crippen molar-refractivity contribution < 1.29 is 24.5 Å². The first-order chi connectivity index (χ1) is 15.1. The van der Waals surface area contributed by atoms with Gasteiger partial charge in [0.05, 0.1) is 11.3 Å². The lowest BCUT2D eigenvalue weighted by atomic mass is 10.1. The molecule has 168 valence electrons. The molecule has 0 radical (unpaired) electrons. The van der Waals surface area contributed by atoms with E-state index in [0.717, 1.165) is 4.57 Å². The van der Waals surface area contributed by atoms with Crippen molar-refractivity contribution in [3.05, 3.63) is 59.4 Å². The van der Waals surface area contributed by atoms with Gasteiger partial charge in [-0.25, -0.2) is 9.38 Å². The van der Waals surface area contributed by atoms with Crippen LogP contribution in [-0.4, -0.2) is 50.5 Å². The van der Waals surface area contributed by atoms with Crippen LogP contribution < -0.4 is 5.32 Å². The minimum absolute atomic E-state index is 0.00912. The van der Waals surface area contributed by atoms with Crippen LogP contribution in [0.2, 0.25) is 0 Å². The summed E-state index contributed by atoms with van der Waals surface area (Å²) >= 11 is 0. The largest absolute Gasteiger partial charge is 0.505 e. The van der Waals surface area contributed by atoms with E-state index in [1.807, 2.05) is 6.92 Å². The summed E-state index contributed by atoms with van der Waals surface area (Å²) in [5, 5.41) is 34.6. The fraction of sp³-hybridized carbons (Fsp3) is 0.217. The number of phenolic OH excluding ortho intramolecular Hbond substituents is 1. The van der Waals surface area contributed by atoms with E-state index in [9.17, 15) is 24.5 Å². The molecule has 8 nitrogen and oxygen atoms in total. The Bertz CT molecular complexity index is 1200. The summed E-state index contributed by atoms with van der Waals surface area (Å²) in [6.07, 6.45) is 0.427. The molecule has 9 heteroatoms. The number of benzene rings is 2. The molecule has 2 aromatic carbocycles. The lowest BCUT2D eigenvalue weighted by Gasteiger charge is -2.15. The third-order valence-corrected chi connectivity index (χ3v) is 4.98. The summed E-state index contributed by atoms with van der Waals surface area (Å²) in [6.45, 7) is 1.83. The third-order valence-electron chi connectivity index (χ3n) is 4.98. The van der Waals surface area contributed by atoms with Gasteiger partial charge < -0.3 is 25.5 Å². The molecule has 3 aromatic rings. The van der Waals surface area contributed by atoms with Crippen molar-refractivity contribution in [3.63, 3.8) is 0 Å². The number of nitrogens with zero attached hydrogens (tertiary/aromatic N) is 3. The van der Waals surface area contributed by atoms with Crippen molar-refractivity contribution >= 4 is 28.7 Å². The van der Waals surface area contributed by atoms with Gasteiger partial charge in [0.15, 0.2) is 11.4 Å². The lowest BCUT2D eigenvalue weighted by Crippen LogP contribution is -2.21. The van der Waals surface area contributed by atoms with Crippen molar-refractivity contribution in [1.82, 2.24) is 9.47 Å². The number of nitrogens with one attached hydrogen (secondary N) is 1. The normalized spacial score (nSPS) is 11.5. The first-order valence-corrected chi connectivity index (χ1v) is 9.90. The average Bonchev–Trinajstić information content (AvgIpc) is 2.96. The Morgan fingerprint density at radius 1 is 1.12 bits per heavy atom. The van der Waals surface area contributed by atoms with E-state index in [2.05, 4.69) is 10.3 Å². The molecule has 0 aliphatic heterocycles. The third kappa shape index (κ3) is 4.22. The molecule has 0 spiro atoms. The Labute approximate surface area is 184 Å². The number of halogens is 1. The van der Waals surface area contributed by atoms with Crippen LogP contribution in [-0.2, 0) is 7.05 Å². The van der Waals surface area contributed by atoms with Crippen LogP contribution >= 0.6 is 0 Å². The number of aromatic nitrogens is 1. The van der Waals surface area contributed by atoms with Gasteiger partial charge in [-0.15, -0.1) is 0 Å². The van der Waals surface area contributed by atoms with Crippen LogP contribution in [0, 0.1) is 5.82 Å². The summed E-state index contributed by atoms with van der Waals surface area (Å²) in [7, 11) is 4.57. The highest BCUT2D eigenvalue weighted by Gasteiger charge is 2.24. The predicted molar refractivity (Wildman–Crippen MR) is 121 cm³/mol. The fourth-order valence-electron chi connectivity index (χ4n) is 3.21. The van der Waals surface area contributed by atoms with E-state index in [-0.39, 0.29) is 40.1 Å². The number of amides is 1. The molecule has 1 heterocycles. The first kappa shape index (κ1) is 22.7. The zero-order valence-electron chi connectivity index (χ0n) is 18.2. The van der Waals surface area contributed by atoms with Gasteiger partial charge in [-0.3, -0.25) is 9.36 Å². The lowest BCUT2D eigenvalue weighted by molar-refractivity contribution is 0.0824. The van der Waals surface area contributed by atoms with Gasteiger partial charge in [0.25, 0.3) is 5.91 Å². The molecule has 0 bridgehead atoms. The number of para-hydroxylation sites is 1. The smallest absolute Gasteiger partial charge is 0.257 e. The molecule has 0 saturated carbocycles. The summed E-state index contributed by atoms with van der Waals surface area (Å²) in [5.41, 5.74) is 1.25. The highest BCUT2D eigenvalue weighted by molar-refractivity contribution is 6.04. The molecule has 0 aliphatic rings. The topological polar surface area (TPSA) is 110 Å².